The van der Waals surface area contributed by atoms with Crippen molar-refractivity contribution in [3.63, 3.8) is 0 Å². The number of benzene rings is 1. The van der Waals surface area contributed by atoms with Crippen LogP contribution in [-0.4, -0.2) is 30.1 Å². The van der Waals surface area contributed by atoms with Gasteiger partial charge >= 0.3 is 5.97 Å². The minimum absolute atomic E-state index is 0.0666. The van der Waals surface area contributed by atoms with E-state index in [1.165, 1.54) is 37.8 Å². The Hall–Kier alpha value is -1.92. The summed E-state index contributed by atoms with van der Waals surface area (Å²) in [6.45, 7) is 9.43. The van der Waals surface area contributed by atoms with Gasteiger partial charge in [-0.3, -0.25) is 9.35 Å². The molecule has 170 valence electrons. The summed E-state index contributed by atoms with van der Waals surface area (Å²) in [6, 6.07) is 5.75. The molecular formula is C23H37NO5S. The van der Waals surface area contributed by atoms with Crippen LogP contribution in [-0.2, 0) is 14.9 Å². The van der Waals surface area contributed by atoms with Crippen LogP contribution in [0.25, 0.3) is 0 Å². The van der Waals surface area contributed by atoms with Crippen molar-refractivity contribution in [2.75, 3.05) is 0 Å². The van der Waals surface area contributed by atoms with Gasteiger partial charge in [-0.05, 0) is 44.4 Å². The van der Waals surface area contributed by atoms with Gasteiger partial charge in [0.15, 0.2) is 0 Å². The lowest BCUT2D eigenvalue weighted by molar-refractivity contribution is -0.142. The molecule has 2 unspecified atom stereocenters. The predicted molar refractivity (Wildman–Crippen MR) is 121 cm³/mol. The Kier molecular flexibility index (Phi) is 14.0. The maximum atomic E-state index is 11.2. The van der Waals surface area contributed by atoms with Crippen LogP contribution < -0.4 is 5.73 Å². The zero-order chi connectivity index (χ0) is 23.2. The Bertz CT molecular complexity index is 780. The summed E-state index contributed by atoms with van der Waals surface area (Å²) in [4.78, 5) is 11.1. The topological polar surface area (TPSA) is 118 Å². The van der Waals surface area contributed by atoms with Gasteiger partial charge < -0.3 is 10.8 Å². The molecule has 1 aromatic carbocycles. The third-order valence-electron chi connectivity index (χ3n) is 4.95. The van der Waals surface area contributed by atoms with Gasteiger partial charge in [0.25, 0.3) is 10.1 Å². The van der Waals surface area contributed by atoms with Crippen molar-refractivity contribution in [3.05, 3.63) is 47.7 Å². The lowest BCUT2D eigenvalue weighted by Crippen LogP contribution is -2.28. The minimum Gasteiger partial charge on any atom is -0.481 e. The predicted octanol–water partition coefficient (Wildman–Crippen LogP) is 5.13. The van der Waals surface area contributed by atoms with E-state index in [9.17, 15) is 18.3 Å². The SMILES string of the molecule is C=C=C(C)C(N)CC(CCCCCCCC)C(=O)O.Cc1ccc(S(=O)(=O)O)cc1. The highest BCUT2D eigenvalue weighted by atomic mass is 32.2. The molecule has 0 aliphatic heterocycles. The highest BCUT2D eigenvalue weighted by Gasteiger charge is 2.20. The van der Waals surface area contributed by atoms with Gasteiger partial charge in [0, 0.05) is 6.04 Å². The van der Waals surface area contributed by atoms with Gasteiger partial charge in [0.05, 0.1) is 10.8 Å². The highest BCUT2D eigenvalue weighted by Crippen LogP contribution is 2.19. The minimum atomic E-state index is -4.02. The zero-order valence-corrected chi connectivity index (χ0v) is 19.2. The van der Waals surface area contributed by atoms with E-state index in [1.54, 1.807) is 12.1 Å². The molecule has 1 aromatic rings. The van der Waals surface area contributed by atoms with Crippen LogP contribution in [0, 0.1) is 12.8 Å². The number of unbranched alkanes of at least 4 members (excludes halogenated alkanes) is 5. The normalized spacial score (nSPS) is 12.8. The lowest BCUT2D eigenvalue weighted by Gasteiger charge is -2.17. The largest absolute Gasteiger partial charge is 0.481 e. The molecule has 0 amide bonds. The fourth-order valence-corrected chi connectivity index (χ4v) is 3.32. The molecule has 6 nitrogen and oxygen atoms in total. The maximum Gasteiger partial charge on any atom is 0.306 e. The number of carboxylic acid groups (broad SMARTS) is 1. The molecule has 0 fully saturated rings. The first-order valence-electron chi connectivity index (χ1n) is 10.4. The average molecular weight is 440 g/mol. The van der Waals surface area contributed by atoms with E-state index >= 15 is 0 Å². The first-order chi connectivity index (χ1) is 14.0. The molecule has 0 aliphatic carbocycles. The van der Waals surface area contributed by atoms with Gasteiger partial charge in [0.2, 0.25) is 0 Å². The van der Waals surface area contributed by atoms with E-state index in [4.69, 9.17) is 10.3 Å². The smallest absolute Gasteiger partial charge is 0.306 e. The third-order valence-corrected chi connectivity index (χ3v) is 5.82. The van der Waals surface area contributed by atoms with E-state index < -0.39 is 16.1 Å². The summed E-state index contributed by atoms with van der Waals surface area (Å²) in [5.41, 5.74) is 10.5. The number of carbonyl (C=O) groups is 1. The summed E-state index contributed by atoms with van der Waals surface area (Å²) in [7, 11) is -4.02. The molecule has 30 heavy (non-hydrogen) atoms. The van der Waals surface area contributed by atoms with E-state index in [-0.39, 0.29) is 16.9 Å². The lowest BCUT2D eigenvalue weighted by atomic mass is 9.91. The summed E-state index contributed by atoms with van der Waals surface area (Å²) in [5, 5.41) is 9.22. The standard InChI is InChI=1S/C16H29NO2.C7H8O3S/c1-4-6-7-8-9-10-11-14(16(18)19)12-15(17)13(3)5-2;1-6-2-4-7(5-3-6)11(8,9)10/h14-15H,2,4,6-12,17H2,1,3H3,(H,18,19);2-5H,1H3,(H,8,9,10). The first-order valence-corrected chi connectivity index (χ1v) is 11.9. The fraction of sp³-hybridized carbons (Fsp3) is 0.565. The number of aliphatic carboxylic acids is 1. The second-order valence-corrected chi connectivity index (χ2v) is 9.00. The van der Waals surface area contributed by atoms with Gasteiger partial charge in [0.1, 0.15) is 0 Å². The van der Waals surface area contributed by atoms with Gasteiger partial charge in [-0.15, -0.1) is 5.73 Å². The molecule has 0 spiro atoms. The van der Waals surface area contributed by atoms with Crippen molar-refractivity contribution < 1.29 is 22.9 Å². The van der Waals surface area contributed by atoms with Crippen LogP contribution in [0.5, 0.6) is 0 Å². The molecular weight excluding hydrogens is 402 g/mol. The van der Waals surface area contributed by atoms with Crippen LogP contribution >= 0.6 is 0 Å². The number of carboxylic acids is 1. The number of aryl methyl sites for hydroxylation is 1. The molecule has 0 bridgehead atoms. The molecule has 0 aromatic heterocycles. The molecule has 1 rings (SSSR count). The quantitative estimate of drug-likeness (QED) is 0.236. The monoisotopic (exact) mass is 439 g/mol. The van der Waals surface area contributed by atoms with Crippen molar-refractivity contribution in [3.8, 4) is 0 Å². The van der Waals surface area contributed by atoms with Crippen molar-refractivity contribution in [1.29, 1.82) is 0 Å². The Labute approximate surface area is 181 Å². The first kappa shape index (κ1) is 28.1. The molecule has 2 atom stereocenters. The zero-order valence-electron chi connectivity index (χ0n) is 18.4. The van der Waals surface area contributed by atoms with Crippen LogP contribution in [0.4, 0.5) is 0 Å². The second-order valence-electron chi connectivity index (χ2n) is 7.58. The molecule has 0 saturated carbocycles. The van der Waals surface area contributed by atoms with E-state index in [2.05, 4.69) is 19.2 Å². The van der Waals surface area contributed by atoms with Crippen LogP contribution in [0.15, 0.2) is 47.0 Å². The Balaban J connectivity index is 0.000000642. The second kappa shape index (κ2) is 15.0. The summed E-state index contributed by atoms with van der Waals surface area (Å²) in [5.74, 6) is -1.08. The fourth-order valence-electron chi connectivity index (χ4n) is 2.84. The Morgan fingerprint density at radius 1 is 1.13 bits per heavy atom. The van der Waals surface area contributed by atoms with Crippen LogP contribution in [0.3, 0.4) is 0 Å². The van der Waals surface area contributed by atoms with Gasteiger partial charge in [-0.1, -0.05) is 69.7 Å². The number of hydrogen-bond donors (Lipinski definition) is 3. The Morgan fingerprint density at radius 2 is 1.67 bits per heavy atom. The molecule has 0 saturated heterocycles. The molecule has 0 radical (unpaired) electrons. The highest BCUT2D eigenvalue weighted by molar-refractivity contribution is 7.85. The molecule has 0 heterocycles. The van der Waals surface area contributed by atoms with E-state index in [0.717, 1.165) is 30.4 Å². The van der Waals surface area contributed by atoms with E-state index in [1.807, 2.05) is 13.8 Å². The van der Waals surface area contributed by atoms with Crippen LogP contribution in [0.1, 0.15) is 70.8 Å². The number of rotatable bonds is 12. The van der Waals surface area contributed by atoms with E-state index in [0.29, 0.717) is 6.42 Å². The third kappa shape index (κ3) is 12.6. The summed E-state index contributed by atoms with van der Waals surface area (Å²) >= 11 is 0. The number of hydrogen-bond acceptors (Lipinski definition) is 4. The van der Waals surface area contributed by atoms with Gasteiger partial charge in [-0.2, -0.15) is 8.42 Å². The number of nitrogens with two attached hydrogens (primary N) is 1. The maximum absolute atomic E-state index is 11.2. The van der Waals surface area contributed by atoms with Crippen molar-refractivity contribution in [1.82, 2.24) is 0 Å². The van der Waals surface area contributed by atoms with Crippen molar-refractivity contribution in [2.24, 2.45) is 11.7 Å². The summed E-state index contributed by atoms with van der Waals surface area (Å²) < 4.78 is 29.6. The van der Waals surface area contributed by atoms with Crippen LogP contribution in [0.2, 0.25) is 0 Å². The molecule has 4 N–H and O–H groups in total. The Morgan fingerprint density at radius 3 is 2.13 bits per heavy atom. The molecule has 7 heteroatoms. The van der Waals surface area contributed by atoms with Crippen molar-refractivity contribution >= 4 is 16.1 Å². The summed E-state index contributed by atoms with van der Waals surface area (Å²) in [6.07, 6.45) is 8.28. The van der Waals surface area contributed by atoms with Crippen molar-refractivity contribution in [2.45, 2.75) is 83.1 Å². The average Bonchev–Trinajstić information content (AvgIpc) is 2.68. The van der Waals surface area contributed by atoms with Gasteiger partial charge in [-0.25, -0.2) is 0 Å². The molecule has 0 aliphatic rings.